The molecule has 2 aromatic heterocycles. The Morgan fingerprint density at radius 1 is 1.55 bits per heavy atom. The van der Waals surface area contributed by atoms with Crippen molar-refractivity contribution in [3.63, 3.8) is 0 Å². The fourth-order valence-electron chi connectivity index (χ4n) is 0.985. The number of nitrogens with zero attached hydrogens (tertiary/aromatic N) is 3. The van der Waals surface area contributed by atoms with Crippen LogP contribution in [-0.4, -0.2) is 14.6 Å². The van der Waals surface area contributed by atoms with Gasteiger partial charge in [0.05, 0.1) is 5.69 Å². The summed E-state index contributed by atoms with van der Waals surface area (Å²) >= 11 is 4.15. The second kappa shape index (κ2) is 2.23. The van der Waals surface area contributed by atoms with Crippen LogP contribution in [0, 0.1) is 6.92 Å². The van der Waals surface area contributed by atoms with Crippen LogP contribution in [0.5, 0.6) is 0 Å². The molecule has 56 valence electrons. The fraction of sp³-hybridized carbons (Fsp3) is 0.143. The second-order valence-corrected chi connectivity index (χ2v) is 2.92. The van der Waals surface area contributed by atoms with Gasteiger partial charge in [-0.05, 0) is 6.92 Å². The Morgan fingerprint density at radius 2 is 2.36 bits per heavy atom. The summed E-state index contributed by atoms with van der Waals surface area (Å²) in [5.74, 6) is 0. The summed E-state index contributed by atoms with van der Waals surface area (Å²) in [6.45, 7) is 1.94. The van der Waals surface area contributed by atoms with Gasteiger partial charge < -0.3 is 0 Å². The Kier molecular flexibility index (Phi) is 1.35. The number of rotatable bonds is 0. The molecule has 2 aromatic rings. The maximum atomic E-state index is 4.18. The lowest BCUT2D eigenvalue weighted by Crippen LogP contribution is -1.88. The smallest absolute Gasteiger partial charge is 0.155 e. The predicted molar refractivity (Wildman–Crippen MR) is 45.0 cm³/mol. The van der Waals surface area contributed by atoms with Crippen LogP contribution in [0.4, 0.5) is 0 Å². The van der Waals surface area contributed by atoms with Gasteiger partial charge in [0.1, 0.15) is 0 Å². The summed E-state index contributed by atoms with van der Waals surface area (Å²) in [6.07, 6.45) is 3.54. The summed E-state index contributed by atoms with van der Waals surface area (Å²) in [5, 5.41) is 4.18. The lowest BCUT2D eigenvalue weighted by molar-refractivity contribution is 0.895. The number of aromatic nitrogens is 3. The lowest BCUT2D eigenvalue weighted by atomic mass is 10.5. The van der Waals surface area contributed by atoms with Crippen molar-refractivity contribution in [1.29, 1.82) is 0 Å². The first-order valence-corrected chi connectivity index (χ1v) is 3.71. The molecule has 0 atom stereocenters. The molecule has 0 saturated heterocycles. The minimum Gasteiger partial charge on any atom is -0.236 e. The highest BCUT2D eigenvalue weighted by molar-refractivity contribution is 7.80. The highest BCUT2D eigenvalue weighted by Gasteiger charge is 1.96. The van der Waals surface area contributed by atoms with Gasteiger partial charge in [-0.2, -0.15) is 5.10 Å². The molecule has 0 unspecified atom stereocenters. The fourth-order valence-corrected chi connectivity index (χ4v) is 1.15. The van der Waals surface area contributed by atoms with E-state index in [1.165, 1.54) is 0 Å². The standard InChI is InChI=1S/C7H7N3S/c1-5-2-7-8-3-6(11)4-10(7)9-5/h2-4,11H,1H3. The number of fused-ring (bicyclic) bond motifs is 1. The van der Waals surface area contributed by atoms with Gasteiger partial charge in [-0.3, -0.25) is 0 Å². The van der Waals surface area contributed by atoms with Crippen molar-refractivity contribution in [3.8, 4) is 0 Å². The molecule has 3 nitrogen and oxygen atoms in total. The third kappa shape index (κ3) is 1.09. The summed E-state index contributed by atoms with van der Waals surface area (Å²) < 4.78 is 1.72. The van der Waals surface area contributed by atoms with Crippen LogP contribution in [0.1, 0.15) is 5.69 Å². The van der Waals surface area contributed by atoms with Gasteiger partial charge in [-0.15, -0.1) is 12.6 Å². The molecule has 2 heterocycles. The largest absolute Gasteiger partial charge is 0.236 e. The zero-order chi connectivity index (χ0) is 7.84. The first-order valence-electron chi connectivity index (χ1n) is 3.27. The number of thiol groups is 1. The number of hydrogen-bond acceptors (Lipinski definition) is 3. The Bertz CT molecular complexity index is 393. The third-order valence-electron chi connectivity index (χ3n) is 1.42. The number of hydrogen-bond donors (Lipinski definition) is 1. The van der Waals surface area contributed by atoms with E-state index in [0.717, 1.165) is 16.2 Å². The van der Waals surface area contributed by atoms with Crippen LogP contribution in [0.3, 0.4) is 0 Å². The molecule has 0 spiro atoms. The van der Waals surface area contributed by atoms with Crippen molar-refractivity contribution in [3.05, 3.63) is 24.2 Å². The zero-order valence-corrected chi connectivity index (χ0v) is 6.92. The molecule has 0 aliphatic heterocycles. The van der Waals surface area contributed by atoms with E-state index in [-0.39, 0.29) is 0 Å². The van der Waals surface area contributed by atoms with Crippen molar-refractivity contribution >= 4 is 18.3 Å². The molecule has 0 saturated carbocycles. The van der Waals surface area contributed by atoms with Crippen LogP contribution < -0.4 is 0 Å². The molecular formula is C7H7N3S. The minimum absolute atomic E-state index is 0.820. The first-order chi connectivity index (χ1) is 5.25. The normalized spacial score (nSPS) is 10.7. The van der Waals surface area contributed by atoms with E-state index in [4.69, 9.17) is 0 Å². The third-order valence-corrected chi connectivity index (χ3v) is 1.65. The molecule has 11 heavy (non-hydrogen) atoms. The van der Waals surface area contributed by atoms with Crippen molar-refractivity contribution in [2.45, 2.75) is 11.8 Å². The summed E-state index contributed by atoms with van der Waals surface area (Å²) in [6, 6.07) is 1.92. The van der Waals surface area contributed by atoms with E-state index in [1.54, 1.807) is 10.7 Å². The Labute approximate surface area is 69.5 Å². The van der Waals surface area contributed by atoms with Gasteiger partial charge in [-0.1, -0.05) is 0 Å². The molecule has 2 rings (SSSR count). The van der Waals surface area contributed by atoms with Gasteiger partial charge in [0.15, 0.2) is 5.65 Å². The van der Waals surface area contributed by atoms with Crippen molar-refractivity contribution in [2.75, 3.05) is 0 Å². The highest BCUT2D eigenvalue weighted by Crippen LogP contribution is 2.06. The molecule has 0 aliphatic carbocycles. The van der Waals surface area contributed by atoms with Gasteiger partial charge in [0.25, 0.3) is 0 Å². The first kappa shape index (κ1) is 6.67. The molecule has 0 fully saturated rings. The molecule has 0 aromatic carbocycles. The van der Waals surface area contributed by atoms with Gasteiger partial charge in [0, 0.05) is 23.4 Å². The molecule has 0 radical (unpaired) electrons. The molecule has 0 bridgehead atoms. The summed E-state index contributed by atoms with van der Waals surface area (Å²) in [4.78, 5) is 4.95. The van der Waals surface area contributed by atoms with Crippen LogP contribution in [0.25, 0.3) is 5.65 Å². The average Bonchev–Trinajstić information content (AvgIpc) is 2.27. The van der Waals surface area contributed by atoms with Crippen LogP contribution >= 0.6 is 12.6 Å². The summed E-state index contributed by atoms with van der Waals surface area (Å²) in [5.41, 5.74) is 1.83. The molecule has 0 N–H and O–H groups in total. The van der Waals surface area contributed by atoms with E-state index in [0.29, 0.717) is 0 Å². The van der Waals surface area contributed by atoms with E-state index in [2.05, 4.69) is 22.7 Å². The maximum absolute atomic E-state index is 4.18. The van der Waals surface area contributed by atoms with Gasteiger partial charge in [-0.25, -0.2) is 9.50 Å². The maximum Gasteiger partial charge on any atom is 0.155 e. The van der Waals surface area contributed by atoms with Crippen molar-refractivity contribution < 1.29 is 0 Å². The van der Waals surface area contributed by atoms with E-state index in [9.17, 15) is 0 Å². The Hall–Kier alpha value is -1.03. The molecule has 4 heteroatoms. The van der Waals surface area contributed by atoms with E-state index < -0.39 is 0 Å². The minimum atomic E-state index is 0.820. The van der Waals surface area contributed by atoms with Crippen LogP contribution in [-0.2, 0) is 0 Å². The molecule has 0 aliphatic rings. The predicted octanol–water partition coefficient (Wildman–Crippen LogP) is 1.33. The van der Waals surface area contributed by atoms with Gasteiger partial charge >= 0.3 is 0 Å². The SMILES string of the molecule is Cc1cc2ncc(S)cn2n1. The van der Waals surface area contributed by atoms with Crippen molar-refractivity contribution in [2.24, 2.45) is 0 Å². The lowest BCUT2D eigenvalue weighted by Gasteiger charge is -1.91. The monoisotopic (exact) mass is 165 g/mol. The zero-order valence-electron chi connectivity index (χ0n) is 6.02. The van der Waals surface area contributed by atoms with E-state index >= 15 is 0 Å². The topological polar surface area (TPSA) is 30.2 Å². The Morgan fingerprint density at radius 3 is 3.18 bits per heavy atom. The summed E-state index contributed by atoms with van der Waals surface area (Å²) in [7, 11) is 0. The van der Waals surface area contributed by atoms with Crippen molar-refractivity contribution in [1.82, 2.24) is 14.6 Å². The second-order valence-electron chi connectivity index (χ2n) is 2.40. The highest BCUT2D eigenvalue weighted by atomic mass is 32.1. The van der Waals surface area contributed by atoms with Crippen LogP contribution in [0.2, 0.25) is 0 Å². The average molecular weight is 165 g/mol. The quantitative estimate of drug-likeness (QED) is 0.597. The van der Waals surface area contributed by atoms with Crippen LogP contribution in [0.15, 0.2) is 23.4 Å². The molecule has 0 amide bonds. The Balaban J connectivity index is 2.82. The molecular weight excluding hydrogens is 158 g/mol. The van der Waals surface area contributed by atoms with E-state index in [1.807, 2.05) is 19.2 Å². The van der Waals surface area contributed by atoms with Gasteiger partial charge in [0.2, 0.25) is 0 Å². The number of aryl methyl sites for hydroxylation is 1.